The first-order chi connectivity index (χ1) is 15.5. The molecule has 0 aromatic rings. The molecule has 9 nitrogen and oxygen atoms in total. The standard InChI is InChI=1S/C22H32ClO9P.4Na/c23-22(20(24)25,21(26)27)4-5-31-19(14-2-1-3-17(11-14)32-33(28,29)30)18-15-7-12-6-13(9-15)10-16(18)8-12;;;;/h12-17H,1-11H2,(H,24,25)(H,26,27)(H2,28,29,30);;;;/q;4*+1/p-4. The number of carboxylic acids is 2. The van der Waals surface area contributed by atoms with Gasteiger partial charge in [0.15, 0.2) is 0 Å². The average molecular weight is 595 g/mol. The average Bonchev–Trinajstić information content (AvgIpc) is 2.70. The van der Waals surface area contributed by atoms with Crippen molar-refractivity contribution in [3.05, 3.63) is 11.3 Å². The van der Waals surface area contributed by atoms with Gasteiger partial charge >= 0.3 is 118 Å². The Labute approximate surface area is 311 Å². The van der Waals surface area contributed by atoms with Crippen molar-refractivity contribution < 1.29 is 162 Å². The van der Waals surface area contributed by atoms with E-state index in [-0.39, 0.29) is 131 Å². The summed E-state index contributed by atoms with van der Waals surface area (Å²) in [7, 11) is -5.13. The first-order valence-electron chi connectivity index (χ1n) is 11.6. The molecule has 4 bridgehead atoms. The number of phosphoric ester groups is 1. The van der Waals surface area contributed by atoms with Gasteiger partial charge in [-0.3, -0.25) is 0 Å². The van der Waals surface area contributed by atoms with E-state index >= 15 is 0 Å². The Hall–Kier alpha value is 2.88. The molecule has 0 aliphatic heterocycles. The van der Waals surface area contributed by atoms with Gasteiger partial charge in [-0.15, -0.1) is 11.6 Å². The number of carboxylic acid groups (broad SMARTS) is 2. The maximum atomic E-state index is 11.3. The van der Waals surface area contributed by atoms with Gasteiger partial charge in [0.25, 0.3) is 0 Å². The normalized spacial score (nSPS) is 30.1. The fourth-order valence-electron chi connectivity index (χ4n) is 6.78. The van der Waals surface area contributed by atoms with Gasteiger partial charge in [-0.2, -0.15) is 0 Å². The van der Waals surface area contributed by atoms with Crippen molar-refractivity contribution in [2.75, 3.05) is 6.61 Å². The van der Waals surface area contributed by atoms with Crippen LogP contribution in [0.3, 0.4) is 0 Å². The van der Waals surface area contributed by atoms with E-state index in [9.17, 15) is 34.2 Å². The number of hydrogen-bond donors (Lipinski definition) is 0. The molecule has 0 heterocycles. The van der Waals surface area contributed by atoms with Gasteiger partial charge in [-0.1, -0.05) is 6.42 Å². The molecule has 0 saturated heterocycles. The molecule has 5 rings (SSSR count). The van der Waals surface area contributed by atoms with Crippen molar-refractivity contribution in [1.82, 2.24) is 0 Å². The molecule has 5 aliphatic rings. The van der Waals surface area contributed by atoms with Gasteiger partial charge in [0, 0.05) is 12.3 Å². The first-order valence-corrected chi connectivity index (χ1v) is 13.5. The number of rotatable bonds is 9. The van der Waals surface area contributed by atoms with E-state index in [2.05, 4.69) is 0 Å². The van der Waals surface area contributed by atoms with E-state index in [4.69, 9.17) is 20.9 Å². The second-order valence-electron chi connectivity index (χ2n) is 10.1. The summed E-state index contributed by atoms with van der Waals surface area (Å²) < 4.78 is 22.0. The molecule has 2 unspecified atom stereocenters. The first kappa shape index (κ1) is 39.9. The van der Waals surface area contributed by atoms with Crippen LogP contribution in [0.15, 0.2) is 11.3 Å². The second-order valence-corrected chi connectivity index (χ2v) is 11.9. The van der Waals surface area contributed by atoms with Crippen LogP contribution in [0.4, 0.5) is 0 Å². The Morgan fingerprint density at radius 2 is 1.41 bits per heavy atom. The zero-order valence-corrected chi connectivity index (χ0v) is 31.9. The van der Waals surface area contributed by atoms with Gasteiger partial charge in [0.05, 0.1) is 38.2 Å². The Kier molecular flexibility index (Phi) is 17.9. The topological polar surface area (TPSA) is 162 Å². The molecule has 0 N–H and O–H groups in total. The minimum Gasteiger partial charge on any atom is -0.790 e. The maximum Gasteiger partial charge on any atom is 1.00 e. The number of ether oxygens (including phenoxy) is 1. The third-order valence-electron chi connectivity index (χ3n) is 7.93. The monoisotopic (exact) mass is 594 g/mol. The third-order valence-corrected chi connectivity index (χ3v) is 8.98. The number of hydrogen-bond acceptors (Lipinski definition) is 9. The molecule has 2 atom stereocenters. The summed E-state index contributed by atoms with van der Waals surface area (Å²) in [4.78, 5) is 42.2. The minimum absolute atomic E-state index is 0. The molecule has 0 aromatic carbocycles. The molecule has 0 spiro atoms. The molecule has 0 amide bonds. The molecular weight excluding hydrogens is 567 g/mol. The van der Waals surface area contributed by atoms with Crippen LogP contribution < -0.4 is 138 Å². The molecule has 5 fully saturated rings. The van der Waals surface area contributed by atoms with Gasteiger partial charge in [0.2, 0.25) is 0 Å². The van der Waals surface area contributed by atoms with E-state index in [0.717, 1.165) is 25.7 Å². The summed E-state index contributed by atoms with van der Waals surface area (Å²) >= 11 is 5.74. The van der Waals surface area contributed by atoms with Gasteiger partial charge in [-0.25, -0.2) is 0 Å². The van der Waals surface area contributed by atoms with Crippen LogP contribution >= 0.6 is 19.4 Å². The molecule has 15 heteroatoms. The van der Waals surface area contributed by atoms with Crippen LogP contribution in [-0.2, 0) is 23.4 Å². The largest absolute Gasteiger partial charge is 1.00 e. The van der Waals surface area contributed by atoms with Crippen molar-refractivity contribution in [1.29, 1.82) is 0 Å². The molecule has 5 saturated carbocycles. The maximum absolute atomic E-state index is 11.3. The zero-order valence-electron chi connectivity index (χ0n) is 22.2. The van der Waals surface area contributed by atoms with Crippen molar-refractivity contribution in [3.8, 4) is 0 Å². The van der Waals surface area contributed by atoms with Crippen LogP contribution in [0.1, 0.15) is 64.2 Å². The Bertz CT molecular complexity index is 840. The SMILES string of the molecule is O=C([O-])C(Cl)(CCOC(=C1C2CC3CC(C2)CC1C3)C1CCCC(OP(=O)([O-])[O-])C1)C(=O)[O-].[Na+].[Na+].[Na+].[Na+]. The predicted octanol–water partition coefficient (Wildman–Crippen LogP) is -12.0. The fourth-order valence-corrected chi connectivity index (χ4v) is 7.42. The minimum atomic E-state index is -5.13. The molecule has 0 aromatic heterocycles. The Balaban J connectivity index is 0.00000324. The van der Waals surface area contributed by atoms with E-state index < -0.39 is 37.2 Å². The third kappa shape index (κ3) is 9.96. The Morgan fingerprint density at radius 1 is 0.892 bits per heavy atom. The second kappa shape index (κ2) is 16.7. The summed E-state index contributed by atoms with van der Waals surface area (Å²) in [6.45, 7) is -0.264. The number of carbonyl (C=O) groups excluding carboxylic acids is 2. The summed E-state index contributed by atoms with van der Waals surface area (Å²) in [5, 5.41) is 22.6. The number of allylic oxidation sites excluding steroid dienone is 2. The number of halogens is 1. The Morgan fingerprint density at radius 3 is 1.86 bits per heavy atom. The summed E-state index contributed by atoms with van der Waals surface area (Å²) in [6, 6.07) is 0. The van der Waals surface area contributed by atoms with E-state index in [1.165, 1.54) is 12.0 Å². The number of aliphatic carboxylic acids is 2. The van der Waals surface area contributed by atoms with E-state index in [0.29, 0.717) is 55.1 Å². The van der Waals surface area contributed by atoms with Crippen molar-refractivity contribution in [3.63, 3.8) is 0 Å². The number of carbonyl (C=O) groups is 2. The molecule has 37 heavy (non-hydrogen) atoms. The van der Waals surface area contributed by atoms with Crippen LogP contribution in [0, 0.1) is 29.6 Å². The molecular formula is C22H28ClNa4O9P. The number of phosphoric acid groups is 1. The van der Waals surface area contributed by atoms with Crippen LogP contribution in [0.25, 0.3) is 0 Å². The summed E-state index contributed by atoms with van der Waals surface area (Å²) in [5.74, 6) is -1.33. The summed E-state index contributed by atoms with van der Waals surface area (Å²) in [5.41, 5.74) is 1.20. The number of alkyl halides is 1. The molecule has 186 valence electrons. The molecule has 0 radical (unpaired) electrons. The van der Waals surface area contributed by atoms with Crippen LogP contribution in [0.2, 0.25) is 0 Å². The van der Waals surface area contributed by atoms with Crippen molar-refractivity contribution in [2.24, 2.45) is 29.6 Å². The van der Waals surface area contributed by atoms with Gasteiger partial charge < -0.3 is 43.4 Å². The quantitative estimate of drug-likeness (QED) is 0.0830. The van der Waals surface area contributed by atoms with E-state index in [1.54, 1.807) is 0 Å². The van der Waals surface area contributed by atoms with Crippen molar-refractivity contribution in [2.45, 2.75) is 75.2 Å². The van der Waals surface area contributed by atoms with Gasteiger partial charge in [0.1, 0.15) is 4.87 Å². The van der Waals surface area contributed by atoms with Gasteiger partial charge in [-0.05, 0) is 80.6 Å². The van der Waals surface area contributed by atoms with Crippen LogP contribution in [-0.4, -0.2) is 29.5 Å². The van der Waals surface area contributed by atoms with E-state index in [1.807, 2.05) is 0 Å². The smallest absolute Gasteiger partial charge is 0.790 e. The predicted molar refractivity (Wildman–Crippen MR) is 108 cm³/mol. The zero-order chi connectivity index (χ0) is 24.0. The van der Waals surface area contributed by atoms with Crippen molar-refractivity contribution >= 4 is 31.4 Å². The van der Waals surface area contributed by atoms with Crippen LogP contribution in [0.5, 0.6) is 0 Å². The summed E-state index contributed by atoms with van der Waals surface area (Å²) in [6.07, 6.45) is 6.34. The molecule has 5 aliphatic carbocycles. The fraction of sp³-hybridized carbons (Fsp3) is 0.818.